The van der Waals surface area contributed by atoms with Crippen molar-refractivity contribution in [3.05, 3.63) is 33.8 Å². The van der Waals surface area contributed by atoms with Crippen molar-refractivity contribution in [3.63, 3.8) is 0 Å². The summed E-state index contributed by atoms with van der Waals surface area (Å²) >= 11 is 11.9. The van der Waals surface area contributed by atoms with Gasteiger partial charge in [0.15, 0.2) is 0 Å². The molecular weight excluding hydrogens is 307 g/mol. The lowest BCUT2D eigenvalue weighted by molar-refractivity contribution is -0.120. The Labute approximate surface area is 136 Å². The summed E-state index contributed by atoms with van der Waals surface area (Å²) in [5.41, 5.74) is 0.814. The highest BCUT2D eigenvalue weighted by molar-refractivity contribution is 6.35. The fourth-order valence-electron chi connectivity index (χ4n) is 2.61. The highest BCUT2D eigenvalue weighted by atomic mass is 35.5. The van der Waals surface area contributed by atoms with Gasteiger partial charge in [0.25, 0.3) is 0 Å². The Balaban J connectivity index is 1.65. The van der Waals surface area contributed by atoms with Crippen LogP contribution in [-0.4, -0.2) is 37.0 Å². The largest absolute Gasteiger partial charge is 0.356 e. The number of carbonyl (C=O) groups excluding carboxylic acids is 1. The first-order valence-corrected chi connectivity index (χ1v) is 8.34. The van der Waals surface area contributed by atoms with E-state index in [1.807, 2.05) is 0 Å². The number of benzene rings is 1. The molecule has 1 aromatic carbocycles. The van der Waals surface area contributed by atoms with Crippen LogP contribution < -0.4 is 5.32 Å². The first-order chi connectivity index (χ1) is 10.1. The molecule has 1 aliphatic rings. The van der Waals surface area contributed by atoms with E-state index in [1.165, 1.54) is 32.4 Å². The van der Waals surface area contributed by atoms with Crippen LogP contribution in [0.1, 0.15) is 31.2 Å². The van der Waals surface area contributed by atoms with Gasteiger partial charge in [-0.05, 0) is 56.6 Å². The number of hydrogen-bond donors (Lipinski definition) is 1. The predicted octanol–water partition coefficient (Wildman–Crippen LogP) is 3.53. The minimum atomic E-state index is 0.0119. The molecule has 2 rings (SSSR count). The smallest absolute Gasteiger partial charge is 0.224 e. The molecule has 1 aliphatic heterocycles. The van der Waals surface area contributed by atoms with Crippen LogP contribution in [0.3, 0.4) is 0 Å². The Morgan fingerprint density at radius 3 is 2.67 bits per heavy atom. The standard InChI is InChI=1S/C16H22Cl2N2O/c17-14-6-5-13(15(18)12-14)11-16(21)19-7-4-10-20-8-2-1-3-9-20/h5-6,12H,1-4,7-11H2,(H,19,21). The molecule has 0 spiro atoms. The summed E-state index contributed by atoms with van der Waals surface area (Å²) in [5, 5.41) is 4.09. The lowest BCUT2D eigenvalue weighted by Gasteiger charge is -2.26. The summed E-state index contributed by atoms with van der Waals surface area (Å²) in [4.78, 5) is 14.4. The highest BCUT2D eigenvalue weighted by Crippen LogP contribution is 2.21. The molecule has 0 unspecified atom stereocenters. The van der Waals surface area contributed by atoms with Gasteiger partial charge in [-0.2, -0.15) is 0 Å². The topological polar surface area (TPSA) is 32.3 Å². The number of hydrogen-bond acceptors (Lipinski definition) is 2. The van der Waals surface area contributed by atoms with E-state index in [2.05, 4.69) is 10.2 Å². The van der Waals surface area contributed by atoms with Gasteiger partial charge in [0.05, 0.1) is 6.42 Å². The van der Waals surface area contributed by atoms with E-state index in [9.17, 15) is 4.79 Å². The maximum Gasteiger partial charge on any atom is 0.224 e. The summed E-state index contributed by atoms with van der Waals surface area (Å²) in [7, 11) is 0. The van der Waals surface area contributed by atoms with Gasteiger partial charge in [0, 0.05) is 16.6 Å². The molecule has 0 aliphatic carbocycles. The monoisotopic (exact) mass is 328 g/mol. The Morgan fingerprint density at radius 1 is 1.19 bits per heavy atom. The quantitative estimate of drug-likeness (QED) is 0.810. The molecule has 116 valence electrons. The van der Waals surface area contributed by atoms with E-state index < -0.39 is 0 Å². The van der Waals surface area contributed by atoms with Crippen molar-refractivity contribution in [2.75, 3.05) is 26.2 Å². The fraction of sp³-hybridized carbons (Fsp3) is 0.562. The molecule has 0 saturated carbocycles. The van der Waals surface area contributed by atoms with E-state index in [-0.39, 0.29) is 5.91 Å². The minimum Gasteiger partial charge on any atom is -0.356 e. The minimum absolute atomic E-state index is 0.0119. The van der Waals surface area contributed by atoms with E-state index >= 15 is 0 Å². The van der Waals surface area contributed by atoms with Crippen LogP contribution in [0.15, 0.2) is 18.2 Å². The predicted molar refractivity (Wildman–Crippen MR) is 88.1 cm³/mol. The number of nitrogens with one attached hydrogen (secondary N) is 1. The third-order valence-electron chi connectivity index (χ3n) is 3.79. The van der Waals surface area contributed by atoms with Crippen LogP contribution in [-0.2, 0) is 11.2 Å². The summed E-state index contributed by atoms with van der Waals surface area (Å²) in [6.07, 6.45) is 5.28. The van der Waals surface area contributed by atoms with Gasteiger partial charge in [0.2, 0.25) is 5.91 Å². The van der Waals surface area contributed by atoms with Crippen molar-refractivity contribution in [2.45, 2.75) is 32.1 Å². The van der Waals surface area contributed by atoms with E-state index in [0.29, 0.717) is 16.5 Å². The molecule has 1 heterocycles. The second-order valence-electron chi connectivity index (χ2n) is 5.52. The Morgan fingerprint density at radius 2 is 1.95 bits per heavy atom. The normalized spacial score (nSPS) is 15.9. The van der Waals surface area contributed by atoms with Crippen molar-refractivity contribution >= 4 is 29.1 Å². The number of carbonyl (C=O) groups is 1. The molecule has 1 aromatic rings. The van der Waals surface area contributed by atoms with Gasteiger partial charge in [-0.3, -0.25) is 4.79 Å². The number of nitrogens with zero attached hydrogens (tertiary/aromatic N) is 1. The first kappa shape index (κ1) is 16.6. The molecule has 21 heavy (non-hydrogen) atoms. The molecule has 3 nitrogen and oxygen atoms in total. The lowest BCUT2D eigenvalue weighted by Crippen LogP contribution is -2.33. The Hall–Kier alpha value is -0.770. The third kappa shape index (κ3) is 5.85. The molecule has 0 bridgehead atoms. The second kappa shape index (κ2) is 8.62. The SMILES string of the molecule is O=C(Cc1ccc(Cl)cc1Cl)NCCCN1CCCCC1. The Bertz CT molecular complexity index is 473. The van der Waals surface area contributed by atoms with Gasteiger partial charge < -0.3 is 10.2 Å². The highest BCUT2D eigenvalue weighted by Gasteiger charge is 2.10. The van der Waals surface area contributed by atoms with Crippen molar-refractivity contribution in [1.82, 2.24) is 10.2 Å². The van der Waals surface area contributed by atoms with Gasteiger partial charge in [-0.15, -0.1) is 0 Å². The fourth-order valence-corrected chi connectivity index (χ4v) is 3.09. The molecule has 0 atom stereocenters. The first-order valence-electron chi connectivity index (χ1n) is 7.58. The number of amides is 1. The zero-order valence-electron chi connectivity index (χ0n) is 12.2. The van der Waals surface area contributed by atoms with E-state index in [1.54, 1.807) is 18.2 Å². The van der Waals surface area contributed by atoms with E-state index in [0.717, 1.165) is 25.1 Å². The second-order valence-corrected chi connectivity index (χ2v) is 6.36. The number of rotatable bonds is 6. The molecule has 0 radical (unpaired) electrons. The summed E-state index contributed by atoms with van der Waals surface area (Å²) < 4.78 is 0. The molecule has 1 saturated heterocycles. The van der Waals surface area contributed by atoms with Crippen molar-refractivity contribution in [3.8, 4) is 0 Å². The summed E-state index contributed by atoms with van der Waals surface area (Å²) in [5.74, 6) is 0.0119. The molecule has 1 amide bonds. The van der Waals surface area contributed by atoms with Crippen molar-refractivity contribution in [1.29, 1.82) is 0 Å². The van der Waals surface area contributed by atoms with Crippen LogP contribution >= 0.6 is 23.2 Å². The number of likely N-dealkylation sites (tertiary alicyclic amines) is 1. The van der Waals surface area contributed by atoms with E-state index in [4.69, 9.17) is 23.2 Å². The summed E-state index contributed by atoms with van der Waals surface area (Å²) in [6, 6.07) is 5.23. The van der Waals surface area contributed by atoms with Crippen LogP contribution in [0.2, 0.25) is 10.0 Å². The lowest BCUT2D eigenvalue weighted by atomic mass is 10.1. The molecule has 1 N–H and O–H groups in total. The third-order valence-corrected chi connectivity index (χ3v) is 4.38. The van der Waals surface area contributed by atoms with Crippen LogP contribution in [0, 0.1) is 0 Å². The van der Waals surface area contributed by atoms with Gasteiger partial charge in [-0.1, -0.05) is 35.7 Å². The number of piperidine rings is 1. The van der Waals surface area contributed by atoms with Gasteiger partial charge in [-0.25, -0.2) is 0 Å². The van der Waals surface area contributed by atoms with Crippen molar-refractivity contribution in [2.24, 2.45) is 0 Å². The zero-order valence-corrected chi connectivity index (χ0v) is 13.7. The Kier molecular flexibility index (Phi) is 6.81. The maximum atomic E-state index is 11.9. The van der Waals surface area contributed by atoms with Crippen molar-refractivity contribution < 1.29 is 4.79 Å². The molecule has 0 aromatic heterocycles. The molecule has 5 heteroatoms. The summed E-state index contributed by atoms with van der Waals surface area (Å²) in [6.45, 7) is 4.20. The van der Waals surface area contributed by atoms with Crippen LogP contribution in [0.4, 0.5) is 0 Å². The average molecular weight is 329 g/mol. The van der Waals surface area contributed by atoms with Gasteiger partial charge in [0.1, 0.15) is 0 Å². The average Bonchev–Trinajstić information content (AvgIpc) is 2.48. The van der Waals surface area contributed by atoms with Gasteiger partial charge >= 0.3 is 0 Å². The molecular formula is C16H22Cl2N2O. The maximum absolute atomic E-state index is 11.9. The van der Waals surface area contributed by atoms with Crippen LogP contribution in [0.5, 0.6) is 0 Å². The number of halogens is 2. The van der Waals surface area contributed by atoms with Crippen LogP contribution in [0.25, 0.3) is 0 Å². The zero-order chi connectivity index (χ0) is 15.1. The molecule has 1 fully saturated rings.